The highest BCUT2D eigenvalue weighted by Gasteiger charge is 2.25. The molecule has 0 radical (unpaired) electrons. The lowest BCUT2D eigenvalue weighted by molar-refractivity contribution is 0.0920. The number of carbonyl (C=O) groups excluding carboxylic acids is 1. The van der Waals surface area contributed by atoms with Gasteiger partial charge in [-0.25, -0.2) is 19.2 Å². The van der Waals surface area contributed by atoms with E-state index in [2.05, 4.69) is 25.6 Å². The molecule has 1 aliphatic rings. The monoisotopic (exact) mass is 493 g/mol. The topological polar surface area (TPSA) is 95.0 Å². The number of aromatic nitrogens is 2. The maximum absolute atomic E-state index is 13.4. The second kappa shape index (κ2) is 11.2. The van der Waals surface area contributed by atoms with Crippen LogP contribution in [0, 0.1) is 19.7 Å². The first-order valence-electron chi connectivity index (χ1n) is 10.4. The molecule has 2 aromatic rings. The van der Waals surface area contributed by atoms with Gasteiger partial charge in [0.25, 0.3) is 0 Å². The number of piperazine rings is 1. The van der Waals surface area contributed by atoms with Crippen molar-refractivity contribution in [1.29, 1.82) is 0 Å². The summed E-state index contributed by atoms with van der Waals surface area (Å²) in [5.41, 5.74) is 2.11. The molecule has 3 rings (SSSR count). The van der Waals surface area contributed by atoms with Crippen LogP contribution in [0.3, 0.4) is 0 Å². The number of anilines is 2. The molecule has 0 saturated carbocycles. The van der Waals surface area contributed by atoms with Crippen LogP contribution in [0.25, 0.3) is 0 Å². The molecule has 2 N–H and O–H groups in total. The number of aliphatic imine (C=N–C) groups is 1. The number of ether oxygens (including phenoxy) is 1. The average molecular weight is 494 g/mol. The minimum absolute atomic E-state index is 0.0242. The first-order chi connectivity index (χ1) is 15.7. The van der Waals surface area contributed by atoms with Crippen LogP contribution in [-0.2, 0) is 4.74 Å². The highest BCUT2D eigenvalue weighted by molar-refractivity contribution is 7.80. The molecule has 2 heterocycles. The van der Waals surface area contributed by atoms with Gasteiger partial charge in [-0.1, -0.05) is 11.6 Å². The van der Waals surface area contributed by atoms with Gasteiger partial charge in [0.15, 0.2) is 0 Å². The molecule has 33 heavy (non-hydrogen) atoms. The number of benzene rings is 1. The van der Waals surface area contributed by atoms with E-state index in [4.69, 9.17) is 28.6 Å². The van der Waals surface area contributed by atoms with E-state index in [1.807, 2.05) is 24.8 Å². The Kier molecular flexibility index (Phi) is 8.34. The maximum atomic E-state index is 13.4. The standard InChI is InChI=1S/C21H25ClFN7O2S/c1-4-32-21(31)30-9-7-29(8-10-30)19(27-18-24-13(2)11-14(3)25-18)28-20(33)26-15-5-6-17(23)16(22)12-15/h5-6,11-12H,4,7-10H2,1-3H3,(H2,24,25,26,27,28,33). The third-order valence-electron chi connectivity index (χ3n) is 4.69. The van der Waals surface area contributed by atoms with Crippen molar-refractivity contribution in [3.63, 3.8) is 0 Å². The molecule has 1 aromatic carbocycles. The molecule has 1 saturated heterocycles. The number of halogens is 2. The normalized spacial score (nSPS) is 14.2. The van der Waals surface area contributed by atoms with Crippen molar-refractivity contribution in [3.8, 4) is 0 Å². The average Bonchev–Trinajstić information content (AvgIpc) is 2.75. The van der Waals surface area contributed by atoms with Gasteiger partial charge in [-0.3, -0.25) is 5.32 Å². The molecule has 0 aliphatic carbocycles. The highest BCUT2D eigenvalue weighted by Crippen LogP contribution is 2.19. The SMILES string of the molecule is CCOC(=O)N1CCN(/C(=N\C(=S)Nc2ccc(F)c(Cl)c2)Nc2nc(C)cc(C)n2)CC1. The van der Waals surface area contributed by atoms with Crippen LogP contribution in [0.5, 0.6) is 0 Å². The third kappa shape index (κ3) is 6.96. The van der Waals surface area contributed by atoms with Crippen LogP contribution in [0.15, 0.2) is 29.3 Å². The molecule has 0 atom stereocenters. The van der Waals surface area contributed by atoms with Crippen LogP contribution in [0.2, 0.25) is 5.02 Å². The van der Waals surface area contributed by atoms with Crippen LogP contribution in [0.4, 0.5) is 20.8 Å². The summed E-state index contributed by atoms with van der Waals surface area (Å²) >= 11 is 11.2. The molecule has 0 spiro atoms. The van der Waals surface area contributed by atoms with Crippen LogP contribution in [-0.4, -0.2) is 69.7 Å². The van der Waals surface area contributed by atoms with Crippen molar-refractivity contribution in [2.45, 2.75) is 20.8 Å². The number of hydrogen-bond donors (Lipinski definition) is 2. The molecule has 176 valence electrons. The van der Waals surface area contributed by atoms with Crippen molar-refractivity contribution in [1.82, 2.24) is 19.8 Å². The van der Waals surface area contributed by atoms with E-state index in [0.717, 1.165) is 11.4 Å². The Balaban J connectivity index is 1.79. The fourth-order valence-corrected chi connectivity index (χ4v) is 3.58. The van der Waals surface area contributed by atoms with E-state index < -0.39 is 5.82 Å². The third-order valence-corrected chi connectivity index (χ3v) is 5.17. The van der Waals surface area contributed by atoms with Crippen molar-refractivity contribution in [3.05, 3.63) is 46.5 Å². The van der Waals surface area contributed by atoms with Crippen molar-refractivity contribution < 1.29 is 13.9 Å². The summed E-state index contributed by atoms with van der Waals surface area (Å²) in [6.07, 6.45) is -0.341. The molecule has 1 amide bonds. The van der Waals surface area contributed by atoms with Gasteiger partial charge in [-0.15, -0.1) is 0 Å². The van der Waals surface area contributed by atoms with Gasteiger partial charge in [-0.05, 0) is 57.3 Å². The van der Waals surface area contributed by atoms with Gasteiger partial charge in [0.2, 0.25) is 17.0 Å². The molecular weight excluding hydrogens is 469 g/mol. The van der Waals surface area contributed by atoms with Crippen LogP contribution < -0.4 is 10.6 Å². The number of amides is 1. The molecule has 1 fully saturated rings. The lowest BCUT2D eigenvalue weighted by atomic mass is 10.3. The van der Waals surface area contributed by atoms with E-state index in [-0.39, 0.29) is 16.2 Å². The summed E-state index contributed by atoms with van der Waals surface area (Å²) in [5.74, 6) is 0.284. The minimum atomic E-state index is -0.523. The lowest BCUT2D eigenvalue weighted by Gasteiger charge is -2.35. The molecule has 1 aromatic heterocycles. The summed E-state index contributed by atoms with van der Waals surface area (Å²) < 4.78 is 18.5. The van der Waals surface area contributed by atoms with Gasteiger partial charge in [0, 0.05) is 43.3 Å². The van der Waals surface area contributed by atoms with Gasteiger partial charge in [0.05, 0.1) is 11.6 Å². The summed E-state index contributed by atoms with van der Waals surface area (Å²) in [4.78, 5) is 28.9. The zero-order valence-electron chi connectivity index (χ0n) is 18.6. The highest BCUT2D eigenvalue weighted by atomic mass is 35.5. The molecule has 1 aliphatic heterocycles. The second-order valence-corrected chi connectivity index (χ2v) is 8.06. The largest absolute Gasteiger partial charge is 0.450 e. The molecule has 0 bridgehead atoms. The Morgan fingerprint density at radius 1 is 1.15 bits per heavy atom. The summed E-state index contributed by atoms with van der Waals surface area (Å²) in [6.45, 7) is 7.76. The summed E-state index contributed by atoms with van der Waals surface area (Å²) in [6, 6.07) is 6.05. The maximum Gasteiger partial charge on any atom is 0.409 e. The van der Waals surface area contributed by atoms with E-state index >= 15 is 0 Å². The molecule has 9 nitrogen and oxygen atoms in total. The number of thiocarbonyl (C=S) groups is 1. The Morgan fingerprint density at radius 2 is 1.79 bits per heavy atom. The predicted octanol–water partition coefficient (Wildman–Crippen LogP) is 3.82. The van der Waals surface area contributed by atoms with E-state index in [1.54, 1.807) is 11.8 Å². The summed E-state index contributed by atoms with van der Waals surface area (Å²) in [7, 11) is 0. The van der Waals surface area contributed by atoms with Gasteiger partial charge >= 0.3 is 6.09 Å². The van der Waals surface area contributed by atoms with Crippen molar-refractivity contribution in [2.24, 2.45) is 4.99 Å². The van der Waals surface area contributed by atoms with Gasteiger partial charge < -0.3 is 19.9 Å². The van der Waals surface area contributed by atoms with Crippen molar-refractivity contribution in [2.75, 3.05) is 43.4 Å². The first kappa shape index (κ1) is 24.6. The fraction of sp³-hybridized carbons (Fsp3) is 0.381. The van der Waals surface area contributed by atoms with Crippen LogP contribution in [0.1, 0.15) is 18.3 Å². The number of aryl methyl sites for hydroxylation is 2. The second-order valence-electron chi connectivity index (χ2n) is 7.27. The van der Waals surface area contributed by atoms with E-state index in [1.165, 1.54) is 18.2 Å². The number of rotatable bonds is 3. The number of guanidine groups is 1. The summed E-state index contributed by atoms with van der Waals surface area (Å²) in [5, 5.41) is 6.19. The number of nitrogens with zero attached hydrogens (tertiary/aromatic N) is 5. The Hall–Kier alpha value is -3.05. The minimum Gasteiger partial charge on any atom is -0.450 e. The van der Waals surface area contributed by atoms with E-state index in [0.29, 0.717) is 50.4 Å². The quantitative estimate of drug-likeness (QED) is 0.378. The molecular formula is C21H25ClFN7O2S. The molecule has 12 heteroatoms. The zero-order chi connectivity index (χ0) is 24.0. The molecule has 0 unspecified atom stereocenters. The van der Waals surface area contributed by atoms with Gasteiger partial charge in [0.1, 0.15) is 5.82 Å². The fourth-order valence-electron chi connectivity index (χ4n) is 3.20. The van der Waals surface area contributed by atoms with Crippen LogP contribution >= 0.6 is 23.8 Å². The Bertz CT molecular complexity index is 1040. The Labute approximate surface area is 202 Å². The first-order valence-corrected chi connectivity index (χ1v) is 11.1. The number of hydrogen-bond acceptors (Lipinski definition) is 5. The van der Waals surface area contributed by atoms with Crippen molar-refractivity contribution >= 4 is 52.6 Å². The van der Waals surface area contributed by atoms with Gasteiger partial charge in [-0.2, -0.15) is 4.99 Å². The Morgan fingerprint density at radius 3 is 2.39 bits per heavy atom. The zero-order valence-corrected chi connectivity index (χ0v) is 20.1. The van der Waals surface area contributed by atoms with E-state index in [9.17, 15) is 9.18 Å². The number of nitrogens with one attached hydrogen (secondary N) is 2. The smallest absolute Gasteiger partial charge is 0.409 e. The lowest BCUT2D eigenvalue weighted by Crippen LogP contribution is -2.52. The predicted molar refractivity (Wildman–Crippen MR) is 130 cm³/mol. The number of carbonyl (C=O) groups is 1.